The van der Waals surface area contributed by atoms with Crippen LogP contribution in [0.15, 0.2) is 84.9 Å². The zero-order chi connectivity index (χ0) is 19.6. The van der Waals surface area contributed by atoms with Crippen LogP contribution in [0.3, 0.4) is 0 Å². The largest absolute Gasteiger partial charge is 0.478 e. The van der Waals surface area contributed by atoms with Crippen molar-refractivity contribution in [2.24, 2.45) is 0 Å². The van der Waals surface area contributed by atoms with Crippen LogP contribution >= 0.6 is 0 Å². The Morgan fingerprint density at radius 1 is 0.821 bits per heavy atom. The number of hydrogen-bond donors (Lipinski definition) is 0. The van der Waals surface area contributed by atoms with Crippen molar-refractivity contribution in [3.63, 3.8) is 0 Å². The summed E-state index contributed by atoms with van der Waals surface area (Å²) in [6.07, 6.45) is 3.90. The molecule has 0 heterocycles. The van der Waals surface area contributed by atoms with Gasteiger partial charge < -0.3 is 9.47 Å². The van der Waals surface area contributed by atoms with Crippen molar-refractivity contribution < 1.29 is 14.3 Å². The van der Waals surface area contributed by atoms with Crippen molar-refractivity contribution in [2.75, 3.05) is 6.61 Å². The third-order valence-electron chi connectivity index (χ3n) is 4.24. The average molecular weight is 372 g/mol. The number of hydrogen-bond acceptors (Lipinski definition) is 3. The molecule has 0 aliphatic rings. The van der Waals surface area contributed by atoms with Crippen molar-refractivity contribution in [1.29, 1.82) is 0 Å². The van der Waals surface area contributed by atoms with Gasteiger partial charge in [-0.3, -0.25) is 0 Å². The van der Waals surface area contributed by atoms with Gasteiger partial charge in [-0.2, -0.15) is 0 Å². The van der Waals surface area contributed by atoms with E-state index in [2.05, 4.69) is 18.2 Å². The Bertz CT molecular complexity index is 884. The lowest BCUT2D eigenvalue weighted by molar-refractivity contribution is -0.151. The van der Waals surface area contributed by atoms with Crippen molar-refractivity contribution in [2.45, 2.75) is 19.4 Å². The summed E-state index contributed by atoms with van der Waals surface area (Å²) >= 11 is 0. The summed E-state index contributed by atoms with van der Waals surface area (Å²) in [5.41, 5.74) is 3.24. The second-order valence-electron chi connectivity index (χ2n) is 6.36. The lowest BCUT2D eigenvalue weighted by Gasteiger charge is -2.18. The number of rotatable bonds is 8. The third-order valence-corrected chi connectivity index (χ3v) is 4.24. The molecule has 3 nitrogen and oxygen atoms in total. The van der Waals surface area contributed by atoms with E-state index in [0.29, 0.717) is 18.8 Å². The Morgan fingerprint density at radius 3 is 2.00 bits per heavy atom. The van der Waals surface area contributed by atoms with E-state index >= 15 is 0 Å². The van der Waals surface area contributed by atoms with Gasteiger partial charge in [0.05, 0.1) is 6.61 Å². The Hall–Kier alpha value is -3.33. The quantitative estimate of drug-likeness (QED) is 0.392. The summed E-state index contributed by atoms with van der Waals surface area (Å²) in [6.45, 7) is 2.13. The molecule has 0 saturated heterocycles. The second kappa shape index (κ2) is 10.1. The highest BCUT2D eigenvalue weighted by molar-refractivity contribution is 5.75. The Kier molecular flexibility index (Phi) is 7.02. The van der Waals surface area contributed by atoms with Crippen LogP contribution in [0.5, 0.6) is 5.75 Å². The van der Waals surface area contributed by atoms with E-state index in [4.69, 9.17) is 9.47 Å². The molecule has 0 aliphatic carbocycles. The second-order valence-corrected chi connectivity index (χ2v) is 6.36. The molecule has 0 saturated carbocycles. The minimum absolute atomic E-state index is 0.330. The van der Waals surface area contributed by atoms with Gasteiger partial charge in [-0.1, -0.05) is 84.9 Å². The van der Waals surface area contributed by atoms with Gasteiger partial charge in [-0.05, 0) is 35.7 Å². The molecule has 3 rings (SSSR count). The Balaban J connectivity index is 1.68. The zero-order valence-electron chi connectivity index (χ0n) is 16.0. The van der Waals surface area contributed by atoms with Gasteiger partial charge in [0.25, 0.3) is 0 Å². The summed E-state index contributed by atoms with van der Waals surface area (Å²) in [5, 5.41) is 0. The molecule has 0 aliphatic heterocycles. The van der Waals surface area contributed by atoms with Gasteiger partial charge >= 0.3 is 5.97 Å². The number of esters is 1. The first-order valence-corrected chi connectivity index (χ1v) is 9.45. The maximum Gasteiger partial charge on any atom is 0.347 e. The molecule has 3 aromatic carbocycles. The van der Waals surface area contributed by atoms with Crippen LogP contribution in [-0.2, 0) is 16.0 Å². The molecule has 0 N–H and O–H groups in total. The predicted octanol–water partition coefficient (Wildman–Crippen LogP) is 5.41. The number of carbonyl (C=O) groups is 1. The Labute approximate surface area is 166 Å². The normalized spacial score (nSPS) is 11.9. The topological polar surface area (TPSA) is 35.5 Å². The van der Waals surface area contributed by atoms with Gasteiger partial charge in [0.15, 0.2) is 6.10 Å². The number of benzene rings is 3. The van der Waals surface area contributed by atoms with E-state index in [1.54, 1.807) is 6.92 Å². The summed E-state index contributed by atoms with van der Waals surface area (Å²) < 4.78 is 11.1. The third kappa shape index (κ3) is 5.85. The first-order valence-electron chi connectivity index (χ1n) is 9.45. The van der Waals surface area contributed by atoms with Crippen molar-refractivity contribution in [3.05, 3.63) is 102 Å². The van der Waals surface area contributed by atoms with Gasteiger partial charge in [0.1, 0.15) is 5.75 Å². The first kappa shape index (κ1) is 19.4. The van der Waals surface area contributed by atoms with E-state index in [1.165, 1.54) is 0 Å². The molecular formula is C25H24O3. The van der Waals surface area contributed by atoms with Crippen LogP contribution in [0, 0.1) is 0 Å². The molecule has 3 aromatic rings. The van der Waals surface area contributed by atoms with Crippen molar-refractivity contribution in [3.8, 4) is 5.75 Å². The van der Waals surface area contributed by atoms with Crippen LogP contribution in [0.25, 0.3) is 12.2 Å². The van der Waals surface area contributed by atoms with Gasteiger partial charge in [0, 0.05) is 6.42 Å². The molecule has 0 bridgehead atoms. The van der Waals surface area contributed by atoms with Crippen LogP contribution in [-0.4, -0.2) is 18.7 Å². The fraction of sp³-hybridized carbons (Fsp3) is 0.160. The van der Waals surface area contributed by atoms with E-state index in [0.717, 1.165) is 16.7 Å². The SMILES string of the molecule is CCOC(=O)C(Cc1ccccc1)Oc1ccc(/C=C\c2ccccc2)cc1. The Morgan fingerprint density at radius 2 is 1.39 bits per heavy atom. The molecule has 142 valence electrons. The highest BCUT2D eigenvalue weighted by atomic mass is 16.6. The average Bonchev–Trinajstić information content (AvgIpc) is 2.74. The smallest absolute Gasteiger partial charge is 0.347 e. The van der Waals surface area contributed by atoms with Crippen LogP contribution in [0.1, 0.15) is 23.6 Å². The number of ether oxygens (including phenoxy) is 2. The minimum atomic E-state index is -0.673. The fourth-order valence-corrected chi connectivity index (χ4v) is 2.81. The number of carbonyl (C=O) groups excluding carboxylic acids is 1. The van der Waals surface area contributed by atoms with E-state index in [9.17, 15) is 4.79 Å². The summed E-state index contributed by atoms with van der Waals surface area (Å²) in [7, 11) is 0. The summed E-state index contributed by atoms with van der Waals surface area (Å²) in [5.74, 6) is 0.297. The molecule has 3 heteroatoms. The van der Waals surface area contributed by atoms with Crippen molar-refractivity contribution >= 4 is 18.1 Å². The van der Waals surface area contributed by atoms with Gasteiger partial charge in [-0.25, -0.2) is 4.79 Å². The maximum absolute atomic E-state index is 12.3. The fourth-order valence-electron chi connectivity index (χ4n) is 2.81. The van der Waals surface area contributed by atoms with Crippen molar-refractivity contribution in [1.82, 2.24) is 0 Å². The molecule has 28 heavy (non-hydrogen) atoms. The zero-order valence-corrected chi connectivity index (χ0v) is 16.0. The van der Waals surface area contributed by atoms with Crippen LogP contribution < -0.4 is 4.74 Å². The lowest BCUT2D eigenvalue weighted by atomic mass is 10.1. The van der Waals surface area contributed by atoms with E-state index < -0.39 is 6.10 Å². The van der Waals surface area contributed by atoms with Crippen LogP contribution in [0.2, 0.25) is 0 Å². The molecule has 0 aromatic heterocycles. The molecule has 0 spiro atoms. The lowest BCUT2D eigenvalue weighted by Crippen LogP contribution is -2.31. The van der Waals surface area contributed by atoms with Gasteiger partial charge in [0.2, 0.25) is 0 Å². The first-order chi connectivity index (χ1) is 13.7. The minimum Gasteiger partial charge on any atom is -0.478 e. The van der Waals surface area contributed by atoms with Crippen LogP contribution in [0.4, 0.5) is 0 Å². The molecule has 0 fully saturated rings. The highest BCUT2D eigenvalue weighted by Gasteiger charge is 2.22. The van der Waals surface area contributed by atoms with Gasteiger partial charge in [-0.15, -0.1) is 0 Å². The maximum atomic E-state index is 12.3. The molecule has 0 radical (unpaired) electrons. The monoisotopic (exact) mass is 372 g/mol. The standard InChI is InChI=1S/C25H24O3/c1-2-27-25(26)24(19-22-11-7-4-8-12-22)28-23-17-15-21(16-18-23)14-13-20-9-5-3-6-10-20/h3-18,24H,2,19H2,1H3/b14-13-. The predicted molar refractivity (Wildman–Crippen MR) is 113 cm³/mol. The van der Waals surface area contributed by atoms with E-state index in [-0.39, 0.29) is 5.97 Å². The van der Waals surface area contributed by atoms with E-state index in [1.807, 2.05) is 78.9 Å². The molecular weight excluding hydrogens is 348 g/mol. The highest BCUT2D eigenvalue weighted by Crippen LogP contribution is 2.18. The summed E-state index contributed by atoms with van der Waals surface area (Å²) in [4.78, 5) is 12.3. The summed E-state index contributed by atoms with van der Waals surface area (Å²) in [6, 6.07) is 27.6. The molecule has 1 atom stereocenters. The molecule has 0 amide bonds. The molecule has 1 unspecified atom stereocenters.